The summed E-state index contributed by atoms with van der Waals surface area (Å²) in [5.41, 5.74) is 2.05. The summed E-state index contributed by atoms with van der Waals surface area (Å²) in [5, 5.41) is 0. The summed E-state index contributed by atoms with van der Waals surface area (Å²) in [6.45, 7) is 6.71. The Hall–Kier alpha value is -2.27. The highest BCUT2D eigenvalue weighted by molar-refractivity contribution is 5.77. The highest BCUT2D eigenvalue weighted by atomic mass is 16.6. The van der Waals surface area contributed by atoms with Gasteiger partial charge in [-0.15, -0.1) is 0 Å². The molecule has 0 radical (unpaired) electrons. The van der Waals surface area contributed by atoms with Gasteiger partial charge in [0.05, 0.1) is 0 Å². The molecule has 0 saturated heterocycles. The number of aromatic nitrogens is 2. The Bertz CT molecular complexity index is 729. The van der Waals surface area contributed by atoms with E-state index in [0.29, 0.717) is 18.2 Å². The largest absolute Gasteiger partial charge is 0.425 e. The normalized spacial score (nSPS) is 12.0. The van der Waals surface area contributed by atoms with Crippen LogP contribution in [0.4, 0.5) is 0 Å². The number of unbranched alkanes of at least 4 members (excludes halogenated alkanes) is 6. The van der Waals surface area contributed by atoms with Crippen molar-refractivity contribution in [3.8, 4) is 17.1 Å². The Morgan fingerprint density at radius 2 is 1.53 bits per heavy atom. The van der Waals surface area contributed by atoms with E-state index in [4.69, 9.17) is 9.47 Å². The summed E-state index contributed by atoms with van der Waals surface area (Å²) in [5.74, 6) is 0.798. The molecule has 1 atom stereocenters. The predicted molar refractivity (Wildman–Crippen MR) is 121 cm³/mol. The fraction of sp³-hybridized carbons (Fsp3) is 0.560. The lowest BCUT2D eigenvalue weighted by atomic mass is 10.1. The first-order valence-electron chi connectivity index (χ1n) is 11.4. The van der Waals surface area contributed by atoms with Crippen LogP contribution >= 0.6 is 0 Å². The summed E-state index contributed by atoms with van der Waals surface area (Å²) >= 11 is 0. The van der Waals surface area contributed by atoms with Crippen molar-refractivity contribution in [1.29, 1.82) is 0 Å². The number of nitrogens with zero attached hydrogens (tertiary/aromatic N) is 2. The second-order valence-corrected chi connectivity index (χ2v) is 7.74. The third-order valence-electron chi connectivity index (χ3n) is 5.05. The van der Waals surface area contributed by atoms with Gasteiger partial charge in [-0.25, -0.2) is 14.8 Å². The number of ether oxygens (including phenoxy) is 2. The van der Waals surface area contributed by atoms with Crippen LogP contribution in [0.25, 0.3) is 11.4 Å². The van der Waals surface area contributed by atoms with Crippen molar-refractivity contribution in [3.63, 3.8) is 0 Å². The average Bonchev–Trinajstić information content (AvgIpc) is 2.78. The second kappa shape index (κ2) is 13.9. The van der Waals surface area contributed by atoms with Gasteiger partial charge in [-0.1, -0.05) is 52.4 Å². The number of carbonyl (C=O) groups is 1. The summed E-state index contributed by atoms with van der Waals surface area (Å²) in [7, 11) is 0. The maximum atomic E-state index is 12.2. The molecule has 0 amide bonds. The standard InChI is InChI=1S/C25H36N2O3/c1-4-6-8-9-10-11-17-29-20(3)25(28)30-23-15-13-22(14-16-23)24-26-18-21(19-27-24)12-7-5-2/h13-16,18-20H,4-12,17H2,1-3H3. The number of hydrogen-bond donors (Lipinski definition) is 0. The fourth-order valence-corrected chi connectivity index (χ4v) is 3.10. The quantitative estimate of drug-likeness (QED) is 0.211. The zero-order valence-electron chi connectivity index (χ0n) is 18.7. The Labute approximate surface area is 181 Å². The lowest BCUT2D eigenvalue weighted by Gasteiger charge is -2.12. The lowest BCUT2D eigenvalue weighted by Crippen LogP contribution is -2.26. The molecule has 0 fully saturated rings. The second-order valence-electron chi connectivity index (χ2n) is 7.74. The Morgan fingerprint density at radius 1 is 0.900 bits per heavy atom. The van der Waals surface area contributed by atoms with Gasteiger partial charge in [0.1, 0.15) is 5.75 Å². The van der Waals surface area contributed by atoms with Crippen molar-refractivity contribution >= 4 is 5.97 Å². The van der Waals surface area contributed by atoms with E-state index < -0.39 is 6.10 Å². The van der Waals surface area contributed by atoms with Gasteiger partial charge in [-0.2, -0.15) is 0 Å². The van der Waals surface area contributed by atoms with Crippen molar-refractivity contribution in [2.45, 2.75) is 84.7 Å². The van der Waals surface area contributed by atoms with E-state index in [1.54, 1.807) is 19.1 Å². The number of hydrogen-bond acceptors (Lipinski definition) is 5. The zero-order chi connectivity index (χ0) is 21.6. The number of benzene rings is 1. The molecule has 30 heavy (non-hydrogen) atoms. The molecule has 1 unspecified atom stereocenters. The number of aryl methyl sites for hydroxylation is 1. The minimum absolute atomic E-state index is 0.370. The molecule has 2 aromatic rings. The topological polar surface area (TPSA) is 61.3 Å². The van der Waals surface area contributed by atoms with Crippen LogP contribution < -0.4 is 4.74 Å². The van der Waals surface area contributed by atoms with Crippen molar-refractivity contribution in [2.75, 3.05) is 6.61 Å². The zero-order valence-corrected chi connectivity index (χ0v) is 18.7. The minimum atomic E-state index is -0.570. The maximum absolute atomic E-state index is 12.2. The molecule has 1 heterocycles. The van der Waals surface area contributed by atoms with E-state index in [1.165, 1.54) is 25.7 Å². The highest BCUT2D eigenvalue weighted by Crippen LogP contribution is 2.20. The lowest BCUT2D eigenvalue weighted by molar-refractivity contribution is -0.146. The van der Waals surface area contributed by atoms with E-state index in [-0.39, 0.29) is 5.97 Å². The monoisotopic (exact) mass is 412 g/mol. The fourth-order valence-electron chi connectivity index (χ4n) is 3.10. The molecule has 5 nitrogen and oxygen atoms in total. The smallest absolute Gasteiger partial charge is 0.340 e. The van der Waals surface area contributed by atoms with E-state index in [0.717, 1.165) is 43.2 Å². The summed E-state index contributed by atoms with van der Waals surface area (Å²) in [6.07, 6.45) is 13.7. The highest BCUT2D eigenvalue weighted by Gasteiger charge is 2.16. The Kier molecular flexibility index (Phi) is 11.1. The Morgan fingerprint density at radius 3 is 2.20 bits per heavy atom. The van der Waals surface area contributed by atoms with Crippen LogP contribution in [-0.4, -0.2) is 28.6 Å². The molecular weight excluding hydrogens is 376 g/mol. The van der Waals surface area contributed by atoms with Crippen LogP contribution in [0.3, 0.4) is 0 Å². The van der Waals surface area contributed by atoms with Crippen LogP contribution in [0.15, 0.2) is 36.7 Å². The molecule has 2 rings (SSSR count). The summed E-state index contributed by atoms with van der Waals surface area (Å²) in [4.78, 5) is 21.1. The van der Waals surface area contributed by atoms with Crippen LogP contribution in [0.1, 0.15) is 77.7 Å². The Balaban J connectivity index is 1.75. The summed E-state index contributed by atoms with van der Waals surface area (Å²) in [6, 6.07) is 7.26. The van der Waals surface area contributed by atoms with Crippen LogP contribution in [0.2, 0.25) is 0 Å². The van der Waals surface area contributed by atoms with Crippen LogP contribution in [-0.2, 0) is 16.0 Å². The van der Waals surface area contributed by atoms with Crippen LogP contribution in [0, 0.1) is 0 Å². The predicted octanol–water partition coefficient (Wildman–Crippen LogP) is 6.16. The van der Waals surface area contributed by atoms with Crippen molar-refractivity contribution in [3.05, 3.63) is 42.2 Å². The van der Waals surface area contributed by atoms with Gasteiger partial charge >= 0.3 is 5.97 Å². The molecule has 0 bridgehead atoms. The van der Waals surface area contributed by atoms with Gasteiger partial charge in [0.2, 0.25) is 0 Å². The van der Waals surface area contributed by atoms with Gasteiger partial charge in [0.15, 0.2) is 11.9 Å². The molecule has 0 saturated carbocycles. The van der Waals surface area contributed by atoms with Gasteiger partial charge in [-0.05, 0) is 56.0 Å². The SMILES string of the molecule is CCCCCCCCOC(C)C(=O)Oc1ccc(-c2ncc(CCCC)cn2)cc1. The molecule has 5 heteroatoms. The number of esters is 1. The van der Waals surface area contributed by atoms with E-state index in [9.17, 15) is 4.79 Å². The third kappa shape index (κ3) is 8.62. The van der Waals surface area contributed by atoms with E-state index in [1.807, 2.05) is 24.5 Å². The summed E-state index contributed by atoms with van der Waals surface area (Å²) < 4.78 is 11.1. The van der Waals surface area contributed by atoms with Crippen LogP contribution in [0.5, 0.6) is 5.75 Å². The third-order valence-corrected chi connectivity index (χ3v) is 5.05. The molecule has 0 N–H and O–H groups in total. The van der Waals surface area contributed by atoms with E-state index >= 15 is 0 Å². The molecule has 1 aromatic heterocycles. The first-order chi connectivity index (χ1) is 14.6. The van der Waals surface area contributed by atoms with Gasteiger partial charge in [0.25, 0.3) is 0 Å². The maximum Gasteiger partial charge on any atom is 0.340 e. The first-order valence-corrected chi connectivity index (χ1v) is 11.4. The molecule has 164 valence electrons. The molecule has 0 aliphatic heterocycles. The molecule has 0 aliphatic rings. The van der Waals surface area contributed by atoms with Crippen molar-refractivity contribution in [1.82, 2.24) is 9.97 Å². The molecule has 0 spiro atoms. The van der Waals surface area contributed by atoms with Gasteiger partial charge in [-0.3, -0.25) is 0 Å². The molecular formula is C25H36N2O3. The van der Waals surface area contributed by atoms with Crippen molar-refractivity contribution < 1.29 is 14.3 Å². The first kappa shape index (κ1) is 24.0. The van der Waals surface area contributed by atoms with E-state index in [2.05, 4.69) is 23.8 Å². The average molecular weight is 413 g/mol. The number of carbonyl (C=O) groups excluding carboxylic acids is 1. The van der Waals surface area contributed by atoms with Gasteiger partial charge < -0.3 is 9.47 Å². The molecule has 1 aromatic carbocycles. The van der Waals surface area contributed by atoms with Crippen molar-refractivity contribution in [2.24, 2.45) is 0 Å². The number of rotatable bonds is 14. The molecule has 0 aliphatic carbocycles. The van der Waals surface area contributed by atoms with Gasteiger partial charge in [0, 0.05) is 24.6 Å². The minimum Gasteiger partial charge on any atom is -0.425 e.